The number of likely N-dealkylation sites (tertiary alicyclic amines) is 1. The van der Waals surface area contributed by atoms with Crippen molar-refractivity contribution in [1.29, 1.82) is 0 Å². The van der Waals surface area contributed by atoms with E-state index in [0.717, 1.165) is 23.1 Å². The average molecular weight is 555 g/mol. The molecule has 10 nitrogen and oxygen atoms in total. The molecule has 36 heavy (non-hydrogen) atoms. The van der Waals surface area contributed by atoms with Gasteiger partial charge in [0.1, 0.15) is 11.1 Å². The fourth-order valence-corrected chi connectivity index (χ4v) is 6.37. The first-order chi connectivity index (χ1) is 16.6. The SMILES string of the molecule is CCOC(=O)C1=CCCCC1S(=O)(=O)N(COC(=O)N1CCC[C@H]1C(=O)[O-])c1ccc(F)cc1Cl.[Na+]. The van der Waals surface area contributed by atoms with Gasteiger partial charge in [-0.3, -0.25) is 4.90 Å². The molecule has 0 radical (unpaired) electrons. The van der Waals surface area contributed by atoms with Crippen molar-refractivity contribution in [2.24, 2.45) is 0 Å². The van der Waals surface area contributed by atoms with E-state index in [1.807, 2.05) is 0 Å². The van der Waals surface area contributed by atoms with Crippen LogP contribution < -0.4 is 39.0 Å². The summed E-state index contributed by atoms with van der Waals surface area (Å²) in [6.45, 7) is 0.853. The Bertz CT molecular complexity index is 1130. The molecule has 2 atom stereocenters. The number of rotatable bonds is 8. The molecule has 14 heteroatoms. The molecule has 192 valence electrons. The molecule has 0 bridgehead atoms. The first-order valence-corrected chi connectivity index (χ1v) is 12.9. The van der Waals surface area contributed by atoms with Crippen molar-refractivity contribution in [1.82, 2.24) is 4.90 Å². The van der Waals surface area contributed by atoms with Gasteiger partial charge < -0.3 is 19.4 Å². The van der Waals surface area contributed by atoms with Crippen LogP contribution in [0.25, 0.3) is 0 Å². The van der Waals surface area contributed by atoms with Crippen molar-refractivity contribution in [3.8, 4) is 0 Å². The van der Waals surface area contributed by atoms with E-state index < -0.39 is 51.9 Å². The van der Waals surface area contributed by atoms with Crippen LogP contribution in [0.3, 0.4) is 0 Å². The normalized spacial score (nSPS) is 19.6. The summed E-state index contributed by atoms with van der Waals surface area (Å²) in [4.78, 5) is 37.3. The second-order valence-electron chi connectivity index (χ2n) is 8.00. The molecule has 1 amide bonds. The maximum Gasteiger partial charge on any atom is 1.00 e. The number of halogens is 2. The van der Waals surface area contributed by atoms with Crippen LogP contribution in [0.2, 0.25) is 5.02 Å². The Morgan fingerprint density at radius 2 is 1.94 bits per heavy atom. The molecule has 1 aliphatic heterocycles. The van der Waals surface area contributed by atoms with Crippen molar-refractivity contribution in [3.63, 3.8) is 0 Å². The summed E-state index contributed by atoms with van der Waals surface area (Å²) in [5.41, 5.74) is -0.225. The molecular weight excluding hydrogens is 530 g/mol. The quantitative estimate of drug-likeness (QED) is 0.226. The van der Waals surface area contributed by atoms with E-state index in [-0.39, 0.29) is 71.8 Å². The summed E-state index contributed by atoms with van der Waals surface area (Å²) < 4.78 is 52.1. The number of ether oxygens (including phenoxy) is 2. The third-order valence-corrected chi connectivity index (χ3v) is 8.23. The Morgan fingerprint density at radius 3 is 2.58 bits per heavy atom. The molecule has 1 aromatic rings. The zero-order valence-corrected chi connectivity index (χ0v) is 23.5. The number of hydrogen-bond acceptors (Lipinski definition) is 8. The van der Waals surface area contributed by atoms with Gasteiger partial charge in [-0.15, -0.1) is 0 Å². The summed E-state index contributed by atoms with van der Waals surface area (Å²) >= 11 is 6.14. The van der Waals surface area contributed by atoms with Crippen molar-refractivity contribution < 1.29 is 71.3 Å². The molecule has 0 saturated carbocycles. The minimum atomic E-state index is -4.44. The number of carboxylic acid groups (broad SMARTS) is 1. The van der Waals surface area contributed by atoms with E-state index in [1.54, 1.807) is 6.92 Å². The summed E-state index contributed by atoms with van der Waals surface area (Å²) in [6.07, 6.45) is 2.07. The standard InChI is InChI=1S/C22H26ClFN2O8S.Na/c1-2-33-21(29)15-6-3-4-8-19(15)35(31,32)26(17-10-9-14(24)12-16(17)23)13-34-22(30)25-11-5-7-18(25)20(27)28;/h6,9-10,12,18-19H,2-5,7-8,11,13H2,1H3,(H,27,28);/q;+1/p-1/t18-,19?;/m0./s1. The van der Waals surface area contributed by atoms with Crippen molar-refractivity contribution in [3.05, 3.63) is 40.7 Å². The largest absolute Gasteiger partial charge is 1.00 e. The number of nitrogens with zero attached hydrogens (tertiary/aromatic N) is 2. The Labute approximate surface area is 235 Å². The summed E-state index contributed by atoms with van der Waals surface area (Å²) in [5.74, 6) is -2.94. The number of sulfonamides is 1. The number of allylic oxidation sites excluding steroid dienone is 1. The van der Waals surface area contributed by atoms with Crippen LogP contribution in [-0.4, -0.2) is 62.5 Å². The number of carbonyl (C=O) groups is 3. The Kier molecular flexibility index (Phi) is 11.0. The predicted octanol–water partition coefficient (Wildman–Crippen LogP) is -1.03. The Balaban J connectivity index is 0.00000456. The fourth-order valence-electron chi connectivity index (χ4n) is 4.13. The second kappa shape index (κ2) is 13.1. The average Bonchev–Trinajstić information content (AvgIpc) is 3.31. The Hall–Kier alpha value is -1.86. The molecule has 0 N–H and O–H groups in total. The molecule has 2 aliphatic rings. The molecule has 1 saturated heterocycles. The van der Waals surface area contributed by atoms with Gasteiger partial charge in [-0.1, -0.05) is 17.7 Å². The molecule has 1 aliphatic carbocycles. The zero-order chi connectivity index (χ0) is 25.8. The van der Waals surface area contributed by atoms with Crippen LogP contribution in [-0.2, 0) is 29.1 Å². The van der Waals surface area contributed by atoms with Gasteiger partial charge in [0.15, 0.2) is 6.73 Å². The van der Waals surface area contributed by atoms with Gasteiger partial charge >= 0.3 is 41.6 Å². The van der Waals surface area contributed by atoms with E-state index in [9.17, 15) is 32.3 Å². The number of aliphatic carboxylic acids is 1. The first-order valence-electron chi connectivity index (χ1n) is 11.1. The van der Waals surface area contributed by atoms with E-state index >= 15 is 0 Å². The summed E-state index contributed by atoms with van der Waals surface area (Å²) in [6, 6.07) is 1.80. The number of carbonyl (C=O) groups excluding carboxylic acids is 3. The van der Waals surface area contributed by atoms with E-state index in [1.165, 1.54) is 6.08 Å². The van der Waals surface area contributed by atoms with Gasteiger partial charge in [0.2, 0.25) is 10.0 Å². The number of carboxylic acids is 1. The fraction of sp³-hybridized carbons (Fsp3) is 0.500. The van der Waals surface area contributed by atoms with E-state index in [2.05, 4.69) is 0 Å². The summed E-state index contributed by atoms with van der Waals surface area (Å²) in [7, 11) is -4.44. The maximum absolute atomic E-state index is 13.8. The molecule has 3 rings (SSSR count). The number of benzene rings is 1. The molecule has 1 fully saturated rings. The molecule has 1 aromatic carbocycles. The van der Waals surface area contributed by atoms with Gasteiger partial charge in [0.05, 0.1) is 34.9 Å². The molecule has 1 heterocycles. The van der Waals surface area contributed by atoms with Crippen molar-refractivity contribution in [2.45, 2.75) is 50.3 Å². The number of hydrogen-bond donors (Lipinski definition) is 0. The smallest absolute Gasteiger partial charge is 0.548 e. The van der Waals surface area contributed by atoms with Crippen LogP contribution in [0.15, 0.2) is 29.8 Å². The van der Waals surface area contributed by atoms with Crippen LogP contribution in [0.5, 0.6) is 0 Å². The predicted molar refractivity (Wildman–Crippen MR) is 121 cm³/mol. The van der Waals surface area contributed by atoms with Crippen LogP contribution in [0, 0.1) is 5.82 Å². The first kappa shape index (κ1) is 30.4. The molecule has 0 spiro atoms. The van der Waals surface area contributed by atoms with Crippen molar-refractivity contribution >= 4 is 45.3 Å². The van der Waals surface area contributed by atoms with Crippen molar-refractivity contribution in [2.75, 3.05) is 24.2 Å². The third-order valence-electron chi connectivity index (χ3n) is 5.80. The van der Waals surface area contributed by atoms with Crippen LogP contribution in [0.4, 0.5) is 14.9 Å². The second-order valence-corrected chi connectivity index (χ2v) is 10.4. The number of amides is 1. The van der Waals surface area contributed by atoms with E-state index in [4.69, 9.17) is 21.1 Å². The van der Waals surface area contributed by atoms with Crippen LogP contribution >= 0.6 is 11.6 Å². The van der Waals surface area contributed by atoms with Gasteiger partial charge in [0.25, 0.3) is 0 Å². The number of esters is 1. The van der Waals surface area contributed by atoms with Gasteiger partial charge in [0, 0.05) is 6.54 Å². The van der Waals surface area contributed by atoms with E-state index in [0.29, 0.717) is 23.6 Å². The monoisotopic (exact) mass is 554 g/mol. The minimum Gasteiger partial charge on any atom is -0.548 e. The number of anilines is 1. The molecular formula is C22H25ClFN2NaO8S. The van der Waals surface area contributed by atoms with Crippen LogP contribution in [0.1, 0.15) is 39.0 Å². The Morgan fingerprint density at radius 1 is 1.22 bits per heavy atom. The summed E-state index contributed by atoms with van der Waals surface area (Å²) in [5, 5.41) is 9.71. The third kappa shape index (κ3) is 6.71. The van der Waals surface area contributed by atoms with Gasteiger partial charge in [-0.05, 0) is 57.2 Å². The maximum atomic E-state index is 13.8. The topological polar surface area (TPSA) is 133 Å². The minimum absolute atomic E-state index is 0. The zero-order valence-electron chi connectivity index (χ0n) is 19.9. The molecule has 0 aromatic heterocycles. The van der Waals surface area contributed by atoms with Gasteiger partial charge in [-0.2, -0.15) is 0 Å². The molecule has 1 unspecified atom stereocenters. The van der Waals surface area contributed by atoms with Gasteiger partial charge in [-0.25, -0.2) is 26.7 Å².